The first-order valence-corrected chi connectivity index (χ1v) is 9.75. The lowest BCUT2D eigenvalue weighted by atomic mass is 10.1. The van der Waals surface area contributed by atoms with Gasteiger partial charge in [-0.25, -0.2) is 4.79 Å². The van der Waals surface area contributed by atoms with Gasteiger partial charge in [0.25, 0.3) is 11.5 Å². The normalized spacial score (nSPS) is 11.3. The van der Waals surface area contributed by atoms with E-state index in [9.17, 15) is 37.5 Å². The van der Waals surface area contributed by atoms with Crippen LogP contribution >= 0.6 is 0 Å². The van der Waals surface area contributed by atoms with Gasteiger partial charge in [-0.15, -0.1) is 0 Å². The highest BCUT2D eigenvalue weighted by atomic mass is 19.4. The lowest BCUT2D eigenvalue weighted by molar-refractivity contribution is -0.138. The Balaban J connectivity index is 2.12. The van der Waals surface area contributed by atoms with Crippen LogP contribution in [0.2, 0.25) is 0 Å². The van der Waals surface area contributed by atoms with E-state index < -0.39 is 59.4 Å². The molecule has 0 saturated carbocycles. The number of carbonyl (C=O) groups excluding carboxylic acids is 1. The monoisotopic (exact) mass is 477 g/mol. The molecule has 0 aliphatic rings. The molecule has 0 saturated heterocycles. The zero-order chi connectivity index (χ0) is 25.0. The van der Waals surface area contributed by atoms with Gasteiger partial charge in [0, 0.05) is 0 Å². The number of rotatable bonds is 7. The number of aliphatic carboxylic acids is 1. The van der Waals surface area contributed by atoms with Crippen LogP contribution < -0.4 is 16.6 Å². The second-order valence-electron chi connectivity index (χ2n) is 7.22. The van der Waals surface area contributed by atoms with Crippen molar-refractivity contribution in [3.8, 4) is 5.88 Å². The zero-order valence-corrected chi connectivity index (χ0v) is 17.4. The van der Waals surface area contributed by atoms with Crippen molar-refractivity contribution < 1.29 is 33.0 Å². The van der Waals surface area contributed by atoms with E-state index in [-0.39, 0.29) is 12.1 Å². The van der Waals surface area contributed by atoms with Crippen molar-refractivity contribution >= 4 is 11.9 Å². The number of nitrogens with one attached hydrogen (secondary N) is 1. The molecule has 1 heterocycles. The van der Waals surface area contributed by atoms with Crippen molar-refractivity contribution in [2.45, 2.75) is 19.3 Å². The third-order valence-electron chi connectivity index (χ3n) is 4.83. The number of carbonyl (C=O) groups is 2. The predicted octanol–water partition coefficient (Wildman–Crippen LogP) is 1.65. The fourth-order valence-corrected chi connectivity index (χ4v) is 3.16. The molecular weight excluding hydrogens is 459 g/mol. The highest BCUT2D eigenvalue weighted by Crippen LogP contribution is 2.29. The molecule has 34 heavy (non-hydrogen) atoms. The zero-order valence-electron chi connectivity index (χ0n) is 17.4. The van der Waals surface area contributed by atoms with Gasteiger partial charge in [-0.1, -0.05) is 42.5 Å². The minimum atomic E-state index is -4.58. The van der Waals surface area contributed by atoms with Gasteiger partial charge in [-0.2, -0.15) is 13.2 Å². The molecule has 0 fully saturated rings. The standard InChI is InChI=1S/C22H18F3N3O6/c23-22(24,25)15-8-6-14(7-9-15)12-28-20(33)17(18(31)26-10-16(29)30)19(32)27(21(28)34)11-13-4-2-1-3-5-13/h1-9,32H,10-12H2,(H,26,31)(H,29,30). The molecule has 0 unspecified atom stereocenters. The van der Waals surface area contributed by atoms with Crippen LogP contribution in [-0.4, -0.2) is 37.8 Å². The Morgan fingerprint density at radius 2 is 1.44 bits per heavy atom. The Bertz CT molecular complexity index is 1330. The Morgan fingerprint density at radius 1 is 0.882 bits per heavy atom. The Labute approximate surface area is 189 Å². The fraction of sp³-hybridized carbons (Fsp3) is 0.182. The summed E-state index contributed by atoms with van der Waals surface area (Å²) in [6.07, 6.45) is -4.58. The molecule has 1 aromatic heterocycles. The molecule has 12 heteroatoms. The molecule has 9 nitrogen and oxygen atoms in total. The molecule has 0 spiro atoms. The molecule has 3 aromatic rings. The van der Waals surface area contributed by atoms with E-state index in [1.165, 1.54) is 0 Å². The van der Waals surface area contributed by atoms with E-state index in [1.807, 2.05) is 5.32 Å². The number of hydrogen-bond donors (Lipinski definition) is 3. The molecule has 0 radical (unpaired) electrons. The van der Waals surface area contributed by atoms with Crippen molar-refractivity contribution in [2.24, 2.45) is 0 Å². The second-order valence-corrected chi connectivity index (χ2v) is 7.22. The molecule has 0 aliphatic heterocycles. The van der Waals surface area contributed by atoms with Crippen molar-refractivity contribution in [1.82, 2.24) is 14.5 Å². The molecule has 1 amide bonds. The van der Waals surface area contributed by atoms with Crippen LogP contribution in [0.4, 0.5) is 13.2 Å². The summed E-state index contributed by atoms with van der Waals surface area (Å²) in [6, 6.07) is 12.0. The van der Waals surface area contributed by atoms with E-state index >= 15 is 0 Å². The number of aromatic nitrogens is 2. The van der Waals surface area contributed by atoms with Crippen molar-refractivity contribution in [3.05, 3.63) is 97.7 Å². The van der Waals surface area contributed by atoms with Crippen LogP contribution in [0.3, 0.4) is 0 Å². The number of benzene rings is 2. The summed E-state index contributed by atoms with van der Waals surface area (Å²) in [4.78, 5) is 49.2. The highest BCUT2D eigenvalue weighted by molar-refractivity contribution is 5.97. The summed E-state index contributed by atoms with van der Waals surface area (Å²) in [7, 11) is 0. The van der Waals surface area contributed by atoms with Gasteiger partial charge < -0.3 is 15.5 Å². The first-order chi connectivity index (χ1) is 16.0. The SMILES string of the molecule is O=C(O)CNC(=O)c1c(O)n(Cc2ccccc2)c(=O)n(Cc2ccc(C(F)(F)F)cc2)c1=O. The summed E-state index contributed by atoms with van der Waals surface area (Å²) < 4.78 is 39.8. The number of carboxylic acids is 1. The lowest BCUT2D eigenvalue weighted by Gasteiger charge is -2.16. The number of halogens is 3. The molecule has 3 rings (SSSR count). The van der Waals surface area contributed by atoms with Crippen molar-refractivity contribution in [1.29, 1.82) is 0 Å². The third-order valence-corrected chi connectivity index (χ3v) is 4.83. The van der Waals surface area contributed by atoms with Gasteiger partial charge in [0.1, 0.15) is 6.54 Å². The number of carboxylic acid groups (broad SMARTS) is 1. The third kappa shape index (κ3) is 5.34. The minimum absolute atomic E-state index is 0.154. The van der Waals surface area contributed by atoms with Crippen molar-refractivity contribution in [2.75, 3.05) is 6.54 Å². The molecule has 0 aliphatic carbocycles. The predicted molar refractivity (Wildman–Crippen MR) is 113 cm³/mol. The first kappa shape index (κ1) is 24.3. The fourth-order valence-electron chi connectivity index (χ4n) is 3.16. The van der Waals surface area contributed by atoms with Crippen molar-refractivity contribution in [3.63, 3.8) is 0 Å². The summed E-state index contributed by atoms with van der Waals surface area (Å²) in [5.74, 6) is -3.60. The van der Waals surface area contributed by atoms with Crippen LogP contribution in [0.5, 0.6) is 5.88 Å². The Kier molecular flexibility index (Phi) is 6.89. The maximum absolute atomic E-state index is 13.0. The van der Waals surface area contributed by atoms with Gasteiger partial charge in [-0.05, 0) is 23.3 Å². The number of alkyl halides is 3. The number of aromatic hydroxyl groups is 1. The molecular formula is C22H18F3N3O6. The van der Waals surface area contributed by atoms with Crippen LogP contribution in [0.25, 0.3) is 0 Å². The molecule has 0 atom stereocenters. The topological polar surface area (TPSA) is 131 Å². The van der Waals surface area contributed by atoms with Crippen LogP contribution in [0, 0.1) is 0 Å². The summed E-state index contributed by atoms with van der Waals surface area (Å²) in [6.45, 7) is -1.59. The molecule has 3 N–H and O–H groups in total. The van der Waals surface area contributed by atoms with Gasteiger partial charge in [0.05, 0.1) is 18.7 Å². The quantitative estimate of drug-likeness (QED) is 0.474. The highest BCUT2D eigenvalue weighted by Gasteiger charge is 2.30. The average molecular weight is 477 g/mol. The molecule has 0 bridgehead atoms. The average Bonchev–Trinajstić information content (AvgIpc) is 2.78. The lowest BCUT2D eigenvalue weighted by Crippen LogP contribution is -2.45. The van der Waals surface area contributed by atoms with Crippen LogP contribution in [0.15, 0.2) is 64.2 Å². The van der Waals surface area contributed by atoms with E-state index in [2.05, 4.69) is 0 Å². The summed E-state index contributed by atoms with van der Waals surface area (Å²) in [5, 5.41) is 21.3. The summed E-state index contributed by atoms with van der Waals surface area (Å²) >= 11 is 0. The van der Waals surface area contributed by atoms with E-state index in [1.54, 1.807) is 30.3 Å². The van der Waals surface area contributed by atoms with Gasteiger partial charge >= 0.3 is 17.8 Å². The van der Waals surface area contributed by atoms with E-state index in [0.717, 1.165) is 28.8 Å². The van der Waals surface area contributed by atoms with Gasteiger partial charge in [0.15, 0.2) is 5.56 Å². The number of amides is 1. The molecule has 178 valence electrons. The smallest absolute Gasteiger partial charge is 0.416 e. The second kappa shape index (κ2) is 9.65. The maximum atomic E-state index is 13.0. The van der Waals surface area contributed by atoms with E-state index in [0.29, 0.717) is 10.1 Å². The maximum Gasteiger partial charge on any atom is 0.416 e. The largest absolute Gasteiger partial charge is 0.494 e. The van der Waals surface area contributed by atoms with Crippen LogP contribution in [-0.2, 0) is 24.1 Å². The minimum Gasteiger partial charge on any atom is -0.494 e. The Hall–Kier alpha value is -4.35. The molecule has 2 aromatic carbocycles. The number of hydrogen-bond acceptors (Lipinski definition) is 5. The van der Waals surface area contributed by atoms with Gasteiger partial charge in [-0.3, -0.25) is 23.5 Å². The first-order valence-electron chi connectivity index (χ1n) is 9.75. The Morgan fingerprint density at radius 3 is 2.00 bits per heavy atom. The number of nitrogens with zero attached hydrogens (tertiary/aromatic N) is 2. The summed E-state index contributed by atoms with van der Waals surface area (Å²) in [5.41, 5.74) is -3.35. The van der Waals surface area contributed by atoms with Crippen LogP contribution in [0.1, 0.15) is 27.0 Å². The van der Waals surface area contributed by atoms with Gasteiger partial charge in [0.2, 0.25) is 5.88 Å². The van der Waals surface area contributed by atoms with E-state index in [4.69, 9.17) is 5.11 Å².